The van der Waals surface area contributed by atoms with E-state index in [-0.39, 0.29) is 5.92 Å². The third-order valence-electron chi connectivity index (χ3n) is 7.84. The predicted octanol–water partition coefficient (Wildman–Crippen LogP) is 4.23. The number of aliphatic hydroxyl groups is 2. The van der Waals surface area contributed by atoms with Crippen molar-refractivity contribution in [2.75, 3.05) is 19.6 Å². The van der Waals surface area contributed by atoms with E-state index < -0.39 is 17.3 Å². The Morgan fingerprint density at radius 3 is 2.63 bits per heavy atom. The van der Waals surface area contributed by atoms with Crippen LogP contribution in [0.3, 0.4) is 0 Å². The van der Waals surface area contributed by atoms with Gasteiger partial charge in [0.25, 0.3) is 0 Å². The van der Waals surface area contributed by atoms with Gasteiger partial charge in [-0.05, 0) is 50.2 Å². The molecule has 35 heavy (non-hydrogen) atoms. The molecule has 1 saturated carbocycles. The number of rotatable bonds is 4. The first kappa shape index (κ1) is 22.5. The van der Waals surface area contributed by atoms with Crippen molar-refractivity contribution in [3.63, 3.8) is 0 Å². The number of fused-ring (bicyclic) bond motifs is 3. The lowest BCUT2D eigenvalue weighted by molar-refractivity contribution is -0.150. The van der Waals surface area contributed by atoms with Gasteiger partial charge in [-0.1, -0.05) is 48.0 Å². The second kappa shape index (κ2) is 8.32. The largest absolute Gasteiger partial charge is 0.477 e. The number of halogens is 1. The van der Waals surface area contributed by atoms with E-state index in [1.54, 1.807) is 24.3 Å². The molecule has 6 rings (SSSR count). The molecule has 7 heteroatoms. The maximum absolute atomic E-state index is 12.5. The van der Waals surface area contributed by atoms with E-state index in [0.29, 0.717) is 46.3 Å². The highest BCUT2D eigenvalue weighted by atomic mass is 35.5. The van der Waals surface area contributed by atoms with Gasteiger partial charge in [0.1, 0.15) is 11.4 Å². The molecule has 3 heterocycles. The first-order valence-electron chi connectivity index (χ1n) is 12.0. The zero-order valence-electron chi connectivity index (χ0n) is 19.2. The van der Waals surface area contributed by atoms with E-state index in [1.165, 1.54) is 0 Å². The first-order chi connectivity index (χ1) is 17.0. The highest BCUT2D eigenvalue weighted by Crippen LogP contribution is 2.63. The molecule has 2 aromatic carbocycles. The Labute approximate surface area is 209 Å². The molecule has 0 radical (unpaired) electrons. The van der Waals surface area contributed by atoms with E-state index in [9.17, 15) is 15.5 Å². The molecule has 3 aromatic rings. The first-order valence-corrected chi connectivity index (χ1v) is 12.4. The number of hydrogen-bond donors (Lipinski definition) is 2. The summed E-state index contributed by atoms with van der Waals surface area (Å²) in [5.74, 6) is 0.167. The molecule has 0 spiro atoms. The number of nitrogens with zero attached hydrogens (tertiary/aromatic N) is 3. The van der Waals surface area contributed by atoms with Crippen LogP contribution in [0.4, 0.5) is 0 Å². The van der Waals surface area contributed by atoms with Crippen molar-refractivity contribution in [2.24, 2.45) is 5.92 Å². The summed E-state index contributed by atoms with van der Waals surface area (Å²) in [5, 5.41) is 34.6. The molecule has 0 amide bonds. The maximum Gasteiger partial charge on any atom is 0.180 e. The molecule has 0 bridgehead atoms. The summed E-state index contributed by atoms with van der Waals surface area (Å²) in [4.78, 5) is 7.17. The molecule has 178 valence electrons. The summed E-state index contributed by atoms with van der Waals surface area (Å²) in [6, 6.07) is 20.6. The number of nitriles is 1. The average molecular weight is 488 g/mol. The van der Waals surface area contributed by atoms with Gasteiger partial charge < -0.3 is 19.8 Å². The SMILES string of the molecule is N#Cc1cc(Cl)ccc1C12CC(CN3CCCC3)C(O)C1(O)c1nc(-c3ccccc3)ccc1O2. The van der Waals surface area contributed by atoms with Gasteiger partial charge in [0.05, 0.1) is 23.4 Å². The molecule has 6 nitrogen and oxygen atoms in total. The second-order valence-corrected chi connectivity index (χ2v) is 10.3. The summed E-state index contributed by atoms with van der Waals surface area (Å²) in [7, 11) is 0. The molecule has 2 aliphatic heterocycles. The molecule has 1 saturated heterocycles. The lowest BCUT2D eigenvalue weighted by Gasteiger charge is -2.37. The molecular formula is C28H26ClN3O3. The van der Waals surface area contributed by atoms with Gasteiger partial charge in [0.15, 0.2) is 11.2 Å². The van der Waals surface area contributed by atoms with Gasteiger partial charge in [0.2, 0.25) is 0 Å². The minimum atomic E-state index is -1.82. The van der Waals surface area contributed by atoms with Crippen LogP contribution in [-0.2, 0) is 11.2 Å². The van der Waals surface area contributed by atoms with Crippen molar-refractivity contribution < 1.29 is 14.9 Å². The van der Waals surface area contributed by atoms with Crippen LogP contribution >= 0.6 is 11.6 Å². The van der Waals surface area contributed by atoms with Gasteiger partial charge >= 0.3 is 0 Å². The number of pyridine rings is 1. The lowest BCUT2D eigenvalue weighted by Crippen LogP contribution is -2.51. The number of likely N-dealkylation sites (tertiary alicyclic amines) is 1. The third-order valence-corrected chi connectivity index (χ3v) is 8.08. The zero-order chi connectivity index (χ0) is 24.2. The summed E-state index contributed by atoms with van der Waals surface area (Å²) < 4.78 is 6.56. The molecular weight excluding hydrogens is 462 g/mol. The van der Waals surface area contributed by atoms with Crippen LogP contribution in [0.5, 0.6) is 5.75 Å². The molecule has 2 fully saturated rings. The van der Waals surface area contributed by atoms with Crippen LogP contribution < -0.4 is 4.74 Å². The monoisotopic (exact) mass is 487 g/mol. The Kier molecular flexibility index (Phi) is 5.35. The number of hydrogen-bond acceptors (Lipinski definition) is 6. The van der Waals surface area contributed by atoms with E-state index >= 15 is 0 Å². The summed E-state index contributed by atoms with van der Waals surface area (Å²) in [6.07, 6.45) is 1.50. The third kappa shape index (κ3) is 3.30. The minimum absolute atomic E-state index is 0.254. The van der Waals surface area contributed by atoms with Crippen LogP contribution in [0.1, 0.15) is 36.1 Å². The van der Waals surface area contributed by atoms with Crippen molar-refractivity contribution in [2.45, 2.75) is 36.6 Å². The van der Waals surface area contributed by atoms with Crippen molar-refractivity contribution in [1.29, 1.82) is 5.26 Å². The second-order valence-electron chi connectivity index (χ2n) is 9.82. The standard InChI is InChI=1S/C28H26ClN3O3/c29-21-8-9-22(19(14-21)16-30)27-15-20(17-32-12-4-5-13-32)26(33)28(27,34)25-24(35-27)11-10-23(31-25)18-6-2-1-3-7-18/h1-3,6-11,14,20,26,33-34H,4-5,12-13,15,17H2. The van der Waals surface area contributed by atoms with Crippen molar-refractivity contribution in [3.05, 3.63) is 82.5 Å². The van der Waals surface area contributed by atoms with E-state index in [1.807, 2.05) is 36.4 Å². The topological polar surface area (TPSA) is 89.6 Å². The molecule has 1 aliphatic carbocycles. The van der Waals surface area contributed by atoms with Crippen LogP contribution in [0.25, 0.3) is 11.3 Å². The average Bonchev–Trinajstić information content (AvgIpc) is 3.53. The van der Waals surface area contributed by atoms with Crippen LogP contribution in [0, 0.1) is 17.2 Å². The highest BCUT2D eigenvalue weighted by molar-refractivity contribution is 6.30. The molecule has 2 N–H and O–H groups in total. The van der Waals surface area contributed by atoms with Gasteiger partial charge in [0, 0.05) is 35.0 Å². The van der Waals surface area contributed by atoms with Crippen molar-refractivity contribution >= 4 is 11.6 Å². The van der Waals surface area contributed by atoms with E-state index in [2.05, 4.69) is 11.0 Å². The zero-order valence-corrected chi connectivity index (χ0v) is 19.9. The van der Waals surface area contributed by atoms with Gasteiger partial charge in [-0.15, -0.1) is 0 Å². The summed E-state index contributed by atoms with van der Waals surface area (Å²) in [6.45, 7) is 2.61. The molecule has 4 atom stereocenters. The quantitative estimate of drug-likeness (QED) is 0.572. The van der Waals surface area contributed by atoms with Gasteiger partial charge in [-0.3, -0.25) is 0 Å². The van der Waals surface area contributed by atoms with Crippen LogP contribution in [-0.4, -0.2) is 45.8 Å². The Hall–Kier alpha value is -2.95. The lowest BCUT2D eigenvalue weighted by atomic mass is 9.77. The predicted molar refractivity (Wildman–Crippen MR) is 132 cm³/mol. The summed E-state index contributed by atoms with van der Waals surface area (Å²) >= 11 is 6.20. The number of benzene rings is 2. The van der Waals surface area contributed by atoms with Crippen molar-refractivity contribution in [1.82, 2.24) is 9.88 Å². The smallest absolute Gasteiger partial charge is 0.180 e. The number of ether oxygens (including phenoxy) is 1. The highest BCUT2D eigenvalue weighted by Gasteiger charge is 2.72. The normalized spacial score (nSPS) is 29.4. The Balaban J connectivity index is 1.52. The Morgan fingerprint density at radius 1 is 1.11 bits per heavy atom. The molecule has 3 aliphatic rings. The van der Waals surface area contributed by atoms with E-state index in [4.69, 9.17) is 21.3 Å². The van der Waals surface area contributed by atoms with Crippen molar-refractivity contribution in [3.8, 4) is 23.1 Å². The fourth-order valence-corrected chi connectivity index (χ4v) is 6.39. The fraction of sp³-hybridized carbons (Fsp3) is 0.357. The van der Waals surface area contributed by atoms with Gasteiger partial charge in [-0.25, -0.2) is 4.98 Å². The molecule has 1 aromatic heterocycles. The maximum atomic E-state index is 12.5. The Bertz CT molecular complexity index is 1320. The minimum Gasteiger partial charge on any atom is -0.477 e. The van der Waals surface area contributed by atoms with Gasteiger partial charge in [-0.2, -0.15) is 5.26 Å². The fourth-order valence-electron chi connectivity index (χ4n) is 6.22. The number of aliphatic hydroxyl groups excluding tert-OH is 1. The summed E-state index contributed by atoms with van der Waals surface area (Å²) in [5.41, 5.74) is -0.427. The number of aromatic nitrogens is 1. The Morgan fingerprint density at radius 2 is 1.89 bits per heavy atom. The van der Waals surface area contributed by atoms with Crippen LogP contribution in [0.2, 0.25) is 5.02 Å². The molecule has 4 unspecified atom stereocenters. The van der Waals surface area contributed by atoms with Crippen LogP contribution in [0.15, 0.2) is 60.7 Å². The van der Waals surface area contributed by atoms with E-state index in [0.717, 1.165) is 31.5 Å².